The predicted octanol–water partition coefficient (Wildman–Crippen LogP) is 2.53. The number of benzene rings is 1. The number of hydrogen-bond acceptors (Lipinski definition) is 7. The summed E-state index contributed by atoms with van der Waals surface area (Å²) in [5, 5.41) is 14.6. The maximum atomic E-state index is 12.3. The quantitative estimate of drug-likeness (QED) is 0.380. The molecule has 0 aliphatic heterocycles. The van der Waals surface area contributed by atoms with E-state index in [1.165, 1.54) is 11.3 Å². The monoisotopic (exact) mass is 491 g/mol. The van der Waals surface area contributed by atoms with E-state index in [9.17, 15) is 9.59 Å². The molecule has 3 rings (SSSR count). The van der Waals surface area contributed by atoms with Crippen LogP contribution in [-0.4, -0.2) is 65.2 Å². The van der Waals surface area contributed by atoms with Crippen LogP contribution in [0.15, 0.2) is 42.6 Å². The van der Waals surface area contributed by atoms with E-state index in [0.29, 0.717) is 39.6 Å². The van der Waals surface area contributed by atoms with Gasteiger partial charge in [-0.05, 0) is 43.4 Å². The smallest absolute Gasteiger partial charge is 0.261 e. The highest BCUT2D eigenvalue weighted by Crippen LogP contribution is 2.21. The van der Waals surface area contributed by atoms with Crippen LogP contribution >= 0.6 is 22.9 Å². The van der Waals surface area contributed by atoms with E-state index in [2.05, 4.69) is 15.6 Å². The Bertz CT molecular complexity index is 1080. The van der Waals surface area contributed by atoms with E-state index in [1.807, 2.05) is 22.9 Å². The fraction of sp³-hybridized carbons (Fsp3) is 0.318. The number of carbonyl (C=O) groups excluding carboxylic acids is 2. The van der Waals surface area contributed by atoms with Gasteiger partial charge in [0.2, 0.25) is 5.91 Å². The topological polar surface area (TPSA) is 109 Å². The fourth-order valence-corrected chi connectivity index (χ4v) is 4.07. The summed E-state index contributed by atoms with van der Waals surface area (Å²) in [5.41, 5.74) is 2.19. The largest absolute Gasteiger partial charge is 0.395 e. The molecule has 11 heteroatoms. The predicted molar refractivity (Wildman–Crippen MR) is 128 cm³/mol. The Morgan fingerprint density at radius 2 is 2.00 bits per heavy atom. The number of thiophene rings is 1. The van der Waals surface area contributed by atoms with Gasteiger partial charge in [-0.1, -0.05) is 11.6 Å². The zero-order chi connectivity index (χ0) is 23.8. The van der Waals surface area contributed by atoms with Gasteiger partial charge in [-0.25, -0.2) is 4.98 Å². The second-order valence-electron chi connectivity index (χ2n) is 7.29. The highest BCUT2D eigenvalue weighted by molar-refractivity contribution is 7.17. The molecule has 9 nitrogen and oxygen atoms in total. The summed E-state index contributed by atoms with van der Waals surface area (Å²) < 4.78 is 7.71. The standard InChI is InChI=1S/C22H26ClN5O4S/c1-27(9-10-29)13-21(30)26-15-3-5-17(6-4-15)28-12-16(25-20(28)14-32-2)11-24-22(31)18-7-8-19(23)33-18/h3-8,12,29H,9-11,13-14H2,1-2H3,(H,24,31)(H,26,30). The van der Waals surface area contributed by atoms with Gasteiger partial charge in [0.05, 0.1) is 34.6 Å². The molecule has 0 bridgehead atoms. The number of hydrogen-bond donors (Lipinski definition) is 3. The van der Waals surface area contributed by atoms with E-state index >= 15 is 0 Å². The Balaban J connectivity index is 1.66. The van der Waals surface area contributed by atoms with Crippen molar-refractivity contribution in [2.75, 3.05) is 39.2 Å². The number of ether oxygens (including phenoxy) is 1. The lowest BCUT2D eigenvalue weighted by molar-refractivity contribution is -0.117. The number of amides is 2. The van der Waals surface area contributed by atoms with Gasteiger partial charge in [0.15, 0.2) is 0 Å². The third-order valence-electron chi connectivity index (χ3n) is 4.65. The number of aromatic nitrogens is 2. The van der Waals surface area contributed by atoms with Crippen LogP contribution in [0, 0.1) is 0 Å². The van der Waals surface area contributed by atoms with Crippen LogP contribution in [0.1, 0.15) is 21.2 Å². The van der Waals surface area contributed by atoms with Crippen molar-refractivity contribution in [1.82, 2.24) is 19.8 Å². The summed E-state index contributed by atoms with van der Waals surface area (Å²) in [6.45, 7) is 1.17. The van der Waals surface area contributed by atoms with E-state index < -0.39 is 0 Å². The van der Waals surface area contributed by atoms with Gasteiger partial charge in [0, 0.05) is 31.2 Å². The molecule has 0 atom stereocenters. The second kappa shape index (κ2) is 11.9. The van der Waals surface area contributed by atoms with Gasteiger partial charge < -0.3 is 25.0 Å². The first-order chi connectivity index (χ1) is 15.9. The minimum absolute atomic E-state index is 0.00123. The average Bonchev–Trinajstić information content (AvgIpc) is 3.39. The number of nitrogens with zero attached hydrogens (tertiary/aromatic N) is 3. The molecule has 33 heavy (non-hydrogen) atoms. The van der Waals surface area contributed by atoms with Gasteiger partial charge in [-0.15, -0.1) is 11.3 Å². The molecule has 0 spiro atoms. The zero-order valence-corrected chi connectivity index (χ0v) is 19.9. The van der Waals surface area contributed by atoms with Crippen molar-refractivity contribution in [3.05, 3.63) is 63.3 Å². The van der Waals surface area contributed by atoms with E-state index in [4.69, 9.17) is 21.4 Å². The van der Waals surface area contributed by atoms with Crippen LogP contribution in [0.3, 0.4) is 0 Å². The van der Waals surface area contributed by atoms with Gasteiger partial charge in [0.25, 0.3) is 5.91 Å². The molecule has 3 aromatic rings. The number of halogens is 1. The Hall–Kier alpha value is -2.76. The molecule has 2 heterocycles. The van der Waals surface area contributed by atoms with Crippen molar-refractivity contribution in [3.63, 3.8) is 0 Å². The molecule has 0 unspecified atom stereocenters. The molecule has 2 aromatic heterocycles. The van der Waals surface area contributed by atoms with Gasteiger partial charge in [-0.2, -0.15) is 0 Å². The second-order valence-corrected chi connectivity index (χ2v) is 9.01. The summed E-state index contributed by atoms with van der Waals surface area (Å²) in [4.78, 5) is 31.2. The summed E-state index contributed by atoms with van der Waals surface area (Å²) in [6, 6.07) is 10.7. The van der Waals surface area contributed by atoms with E-state index in [-0.39, 0.29) is 31.5 Å². The summed E-state index contributed by atoms with van der Waals surface area (Å²) in [5.74, 6) is 0.314. The summed E-state index contributed by atoms with van der Waals surface area (Å²) >= 11 is 7.12. The number of carbonyl (C=O) groups is 2. The van der Waals surface area contributed by atoms with Crippen LogP contribution in [0.25, 0.3) is 5.69 Å². The normalized spacial score (nSPS) is 11.1. The summed E-state index contributed by atoms with van der Waals surface area (Å²) in [7, 11) is 3.36. The fourth-order valence-electron chi connectivity index (χ4n) is 3.11. The maximum absolute atomic E-state index is 12.3. The van der Waals surface area contributed by atoms with Crippen molar-refractivity contribution < 1.29 is 19.4 Å². The molecule has 0 radical (unpaired) electrons. The molecule has 0 saturated carbocycles. The van der Waals surface area contributed by atoms with Crippen molar-refractivity contribution in [3.8, 4) is 5.69 Å². The Morgan fingerprint density at radius 3 is 2.64 bits per heavy atom. The molecule has 0 aliphatic rings. The van der Waals surface area contributed by atoms with Gasteiger partial charge in [-0.3, -0.25) is 14.5 Å². The molecule has 2 amide bonds. The molecular formula is C22H26ClN5O4S. The lowest BCUT2D eigenvalue weighted by Gasteiger charge is -2.15. The third kappa shape index (κ3) is 7.11. The summed E-state index contributed by atoms with van der Waals surface area (Å²) in [6.07, 6.45) is 1.84. The van der Waals surface area contributed by atoms with Crippen molar-refractivity contribution in [2.45, 2.75) is 13.2 Å². The average molecular weight is 492 g/mol. The number of imidazole rings is 1. The van der Waals surface area contributed by atoms with Crippen LogP contribution < -0.4 is 10.6 Å². The van der Waals surface area contributed by atoms with Crippen molar-refractivity contribution in [2.24, 2.45) is 0 Å². The lowest BCUT2D eigenvalue weighted by Crippen LogP contribution is -2.32. The number of nitrogens with one attached hydrogen (secondary N) is 2. The Kier molecular flexibility index (Phi) is 8.98. The van der Waals surface area contributed by atoms with Crippen LogP contribution in [-0.2, 0) is 22.7 Å². The van der Waals surface area contributed by atoms with Crippen LogP contribution in [0.5, 0.6) is 0 Å². The van der Waals surface area contributed by atoms with E-state index in [0.717, 1.165) is 5.69 Å². The molecule has 0 saturated heterocycles. The number of aliphatic hydroxyl groups excluding tert-OH is 1. The SMILES string of the molecule is COCc1nc(CNC(=O)c2ccc(Cl)s2)cn1-c1ccc(NC(=O)CN(C)CCO)cc1. The molecule has 0 fully saturated rings. The number of likely N-dealkylation sites (N-methyl/N-ethyl adjacent to an activating group) is 1. The van der Waals surface area contributed by atoms with Crippen LogP contribution in [0.2, 0.25) is 4.34 Å². The number of anilines is 1. The van der Waals surface area contributed by atoms with Gasteiger partial charge in [0.1, 0.15) is 12.4 Å². The van der Waals surface area contributed by atoms with Crippen molar-refractivity contribution >= 4 is 40.4 Å². The first kappa shape index (κ1) is 24.9. The van der Waals surface area contributed by atoms with E-state index in [1.54, 1.807) is 43.3 Å². The lowest BCUT2D eigenvalue weighted by atomic mass is 10.2. The molecule has 3 N–H and O–H groups in total. The van der Waals surface area contributed by atoms with Crippen molar-refractivity contribution in [1.29, 1.82) is 0 Å². The highest BCUT2D eigenvalue weighted by atomic mass is 35.5. The van der Waals surface area contributed by atoms with Crippen LogP contribution in [0.4, 0.5) is 5.69 Å². The van der Waals surface area contributed by atoms with Gasteiger partial charge >= 0.3 is 0 Å². The first-order valence-electron chi connectivity index (χ1n) is 10.2. The minimum Gasteiger partial charge on any atom is -0.395 e. The Labute approximate surface area is 201 Å². The first-order valence-corrected chi connectivity index (χ1v) is 11.4. The number of rotatable bonds is 11. The number of aliphatic hydroxyl groups is 1. The molecule has 0 aliphatic carbocycles. The molecule has 1 aromatic carbocycles. The third-order valence-corrected chi connectivity index (χ3v) is 5.88. The zero-order valence-electron chi connectivity index (χ0n) is 18.4. The number of methoxy groups -OCH3 is 1. The maximum Gasteiger partial charge on any atom is 0.261 e. The Morgan fingerprint density at radius 1 is 1.24 bits per heavy atom. The minimum atomic E-state index is -0.209. The highest BCUT2D eigenvalue weighted by Gasteiger charge is 2.13. The molecule has 176 valence electrons. The molecular weight excluding hydrogens is 466 g/mol.